The smallest absolute Gasteiger partial charge is 0.228 e. The van der Waals surface area contributed by atoms with Crippen molar-refractivity contribution in [3.8, 4) is 0 Å². The quantitative estimate of drug-likeness (QED) is 0.297. The van der Waals surface area contributed by atoms with E-state index in [2.05, 4.69) is 12.1 Å². The van der Waals surface area contributed by atoms with Crippen LogP contribution in [0.1, 0.15) is 11.1 Å². The van der Waals surface area contributed by atoms with Crippen molar-refractivity contribution in [3.63, 3.8) is 0 Å². The van der Waals surface area contributed by atoms with Crippen molar-refractivity contribution in [3.05, 3.63) is 102 Å². The summed E-state index contributed by atoms with van der Waals surface area (Å²) in [6, 6.07) is 25.1. The fourth-order valence-electron chi connectivity index (χ4n) is 2.38. The summed E-state index contributed by atoms with van der Waals surface area (Å²) in [5.41, 5.74) is 2.33. The molecule has 0 fully saturated rings. The summed E-state index contributed by atoms with van der Waals surface area (Å²) >= 11 is 7.13. The molecule has 0 saturated carbocycles. The van der Waals surface area contributed by atoms with Crippen LogP contribution in [0, 0.1) is 0 Å². The van der Waals surface area contributed by atoms with Gasteiger partial charge in [0, 0.05) is 17.9 Å². The predicted octanol–water partition coefficient (Wildman–Crippen LogP) is 3.92. The second kappa shape index (κ2) is 8.60. The summed E-state index contributed by atoms with van der Waals surface area (Å²) in [7, 11) is 0. The van der Waals surface area contributed by atoms with Gasteiger partial charge in [-0.15, -0.1) is 11.8 Å². The molecule has 2 nitrogen and oxygen atoms in total. The lowest BCUT2D eigenvalue weighted by Gasteiger charge is -2.15. The van der Waals surface area contributed by atoms with Gasteiger partial charge in [-0.3, -0.25) is 0 Å². The molecule has 3 rings (SSSR count). The third-order valence-corrected chi connectivity index (χ3v) is 5.11. The summed E-state index contributed by atoms with van der Waals surface area (Å²) < 4.78 is 2.39. The van der Waals surface area contributed by atoms with Crippen molar-refractivity contribution < 1.29 is 9.67 Å². The van der Waals surface area contributed by atoms with Gasteiger partial charge < -0.3 is 5.11 Å². The zero-order chi connectivity index (χ0) is 17.5. The number of pyridine rings is 1. The van der Waals surface area contributed by atoms with Gasteiger partial charge in [-0.1, -0.05) is 78.9 Å². The molecule has 0 amide bonds. The van der Waals surface area contributed by atoms with Crippen molar-refractivity contribution in [2.45, 2.75) is 5.75 Å². The molecule has 0 unspecified atom stereocenters. The minimum absolute atomic E-state index is 0.0673. The lowest BCUT2D eigenvalue weighted by molar-refractivity contribution is -0.577. The molecule has 0 atom stereocenters. The Labute approximate surface area is 157 Å². The maximum Gasteiger partial charge on any atom is 0.228 e. The molecule has 124 valence electrons. The van der Waals surface area contributed by atoms with Crippen molar-refractivity contribution in [2.24, 2.45) is 0 Å². The van der Waals surface area contributed by atoms with Crippen LogP contribution in [0.15, 0.2) is 91.3 Å². The van der Waals surface area contributed by atoms with E-state index in [1.807, 2.05) is 79.1 Å². The van der Waals surface area contributed by atoms with Gasteiger partial charge in [0.2, 0.25) is 5.70 Å². The average Bonchev–Trinajstić information content (AvgIpc) is 2.69. The SMILES string of the molecule is [O-]/C(=C(\C(=S)SCc1ccccc1)[n+]1ccccc1)c1ccccc1. The van der Waals surface area contributed by atoms with Crippen LogP contribution in [0.25, 0.3) is 11.5 Å². The van der Waals surface area contributed by atoms with E-state index in [1.165, 1.54) is 17.3 Å². The van der Waals surface area contributed by atoms with Gasteiger partial charge in [-0.25, -0.2) is 0 Å². The van der Waals surface area contributed by atoms with Gasteiger partial charge in [-0.2, -0.15) is 4.57 Å². The van der Waals surface area contributed by atoms with E-state index in [0.717, 1.165) is 5.75 Å². The Morgan fingerprint density at radius 1 is 0.840 bits per heavy atom. The lowest BCUT2D eigenvalue weighted by atomic mass is 10.1. The first-order chi connectivity index (χ1) is 12.3. The van der Waals surface area contributed by atoms with Crippen molar-refractivity contribution in [1.82, 2.24) is 0 Å². The molecular formula is C21H17NOS2. The highest BCUT2D eigenvalue weighted by Gasteiger charge is 2.18. The summed E-state index contributed by atoms with van der Waals surface area (Å²) in [6.45, 7) is 0. The Hall–Kier alpha value is -2.43. The highest BCUT2D eigenvalue weighted by molar-refractivity contribution is 8.23. The van der Waals surface area contributed by atoms with Crippen molar-refractivity contribution in [2.75, 3.05) is 0 Å². The Morgan fingerprint density at radius 3 is 2.04 bits per heavy atom. The standard InChI is InChI=1S/C21H17NOS2/c23-20(18-12-6-2-7-13-18)19(22-14-8-3-9-15-22)21(24)25-16-17-10-4-1-5-11-17/h1-15H,16H2. The van der Waals surface area contributed by atoms with E-state index in [9.17, 15) is 5.11 Å². The van der Waals surface area contributed by atoms with Crippen LogP contribution in [-0.4, -0.2) is 4.20 Å². The minimum atomic E-state index is -0.0673. The maximum absolute atomic E-state index is 13.0. The molecule has 4 heteroatoms. The van der Waals surface area contributed by atoms with E-state index in [0.29, 0.717) is 15.5 Å². The van der Waals surface area contributed by atoms with Crippen LogP contribution in [-0.2, 0) is 5.75 Å². The Bertz CT molecular complexity index is 862. The summed E-state index contributed by atoms with van der Waals surface area (Å²) in [4.78, 5) is 0. The van der Waals surface area contributed by atoms with E-state index in [-0.39, 0.29) is 5.76 Å². The molecule has 0 aliphatic rings. The molecule has 2 aromatic carbocycles. The number of thiocarbonyl (C=S) groups is 1. The lowest BCUT2D eigenvalue weighted by Crippen LogP contribution is -2.36. The normalized spacial score (nSPS) is 11.7. The van der Waals surface area contributed by atoms with Gasteiger partial charge in [0.15, 0.2) is 12.4 Å². The van der Waals surface area contributed by atoms with E-state index in [1.54, 1.807) is 4.57 Å². The molecule has 0 aliphatic carbocycles. The Kier molecular flexibility index (Phi) is 5.99. The number of benzene rings is 2. The molecule has 0 spiro atoms. The fourth-order valence-corrected chi connectivity index (χ4v) is 3.58. The second-order valence-electron chi connectivity index (χ2n) is 5.39. The van der Waals surface area contributed by atoms with E-state index in [4.69, 9.17) is 12.2 Å². The third kappa shape index (κ3) is 4.56. The number of rotatable bonds is 5. The van der Waals surface area contributed by atoms with Crippen LogP contribution >= 0.6 is 24.0 Å². The fraction of sp³-hybridized carbons (Fsp3) is 0.0476. The maximum atomic E-state index is 13.0. The van der Waals surface area contributed by atoms with Crippen LogP contribution in [0.2, 0.25) is 0 Å². The number of nitrogens with zero attached hydrogens (tertiary/aromatic N) is 1. The highest BCUT2D eigenvalue weighted by Crippen LogP contribution is 2.23. The first-order valence-corrected chi connectivity index (χ1v) is 9.29. The first kappa shape index (κ1) is 17.4. The summed E-state index contributed by atoms with van der Waals surface area (Å²) in [5.74, 6) is 0.668. The molecule has 0 saturated heterocycles. The molecule has 0 aliphatic heterocycles. The number of thioether (sulfide) groups is 1. The minimum Gasteiger partial charge on any atom is -0.868 e. The second-order valence-corrected chi connectivity index (χ2v) is 7.04. The molecule has 0 radical (unpaired) electrons. The number of hydrogen-bond donors (Lipinski definition) is 0. The van der Waals surface area contributed by atoms with Gasteiger partial charge in [0.25, 0.3) is 0 Å². The van der Waals surface area contributed by atoms with Crippen molar-refractivity contribution >= 4 is 39.6 Å². The summed E-state index contributed by atoms with van der Waals surface area (Å²) in [5, 5.41) is 13.0. The first-order valence-electron chi connectivity index (χ1n) is 7.90. The van der Waals surface area contributed by atoms with Gasteiger partial charge in [0.1, 0.15) is 4.20 Å². The van der Waals surface area contributed by atoms with Crippen LogP contribution in [0.5, 0.6) is 0 Å². The van der Waals surface area contributed by atoms with Crippen molar-refractivity contribution in [1.29, 1.82) is 0 Å². The van der Waals surface area contributed by atoms with Gasteiger partial charge in [-0.05, 0) is 16.9 Å². The molecule has 0 N–H and O–H groups in total. The van der Waals surface area contributed by atoms with Crippen LogP contribution < -0.4 is 9.67 Å². The molecule has 0 bridgehead atoms. The van der Waals surface area contributed by atoms with Crippen LogP contribution in [0.3, 0.4) is 0 Å². The molecule has 1 heterocycles. The zero-order valence-electron chi connectivity index (χ0n) is 13.5. The molecule has 3 aromatic rings. The van der Waals surface area contributed by atoms with E-state index >= 15 is 0 Å². The Morgan fingerprint density at radius 2 is 1.40 bits per heavy atom. The molecular weight excluding hydrogens is 346 g/mol. The third-order valence-electron chi connectivity index (χ3n) is 3.63. The number of hydrogen-bond acceptors (Lipinski definition) is 3. The largest absolute Gasteiger partial charge is 0.868 e. The van der Waals surface area contributed by atoms with Gasteiger partial charge >= 0.3 is 0 Å². The van der Waals surface area contributed by atoms with E-state index < -0.39 is 0 Å². The summed E-state index contributed by atoms with van der Waals surface area (Å²) in [6.07, 6.45) is 3.71. The highest BCUT2D eigenvalue weighted by atomic mass is 32.2. The zero-order valence-corrected chi connectivity index (χ0v) is 15.2. The monoisotopic (exact) mass is 363 g/mol. The molecule has 1 aromatic heterocycles. The number of aromatic nitrogens is 1. The Balaban J connectivity index is 1.93. The average molecular weight is 364 g/mol. The predicted molar refractivity (Wildman–Crippen MR) is 107 cm³/mol. The van der Waals surface area contributed by atoms with Gasteiger partial charge in [0.05, 0.1) is 0 Å². The van der Waals surface area contributed by atoms with Crippen LogP contribution in [0.4, 0.5) is 0 Å². The molecule has 25 heavy (non-hydrogen) atoms. The topological polar surface area (TPSA) is 26.9 Å².